The van der Waals surface area contributed by atoms with Crippen molar-refractivity contribution in [3.8, 4) is 0 Å². The molecule has 0 aromatic heterocycles. The fraction of sp³-hybridized carbons (Fsp3) is 0.421. The van der Waals surface area contributed by atoms with Gasteiger partial charge in [0.05, 0.1) is 6.10 Å². The molecule has 0 amide bonds. The highest BCUT2D eigenvalue weighted by Gasteiger charge is 2.31. The summed E-state index contributed by atoms with van der Waals surface area (Å²) in [7, 11) is 0. The number of carbonyl (C=O) groups excluding carboxylic acids is 1. The SMILES string of the molecule is C=Cc1ccc(C(OC(C)C(O)OC(=O)C(=C)C)C(O)C(C)O)cc1. The maximum absolute atomic E-state index is 11.5. The van der Waals surface area contributed by atoms with Crippen molar-refractivity contribution < 1.29 is 29.6 Å². The number of aliphatic hydroxyl groups is 3. The number of aliphatic hydroxyl groups excluding tert-OH is 3. The van der Waals surface area contributed by atoms with Gasteiger partial charge in [0, 0.05) is 5.57 Å². The molecule has 0 spiro atoms. The summed E-state index contributed by atoms with van der Waals surface area (Å²) in [5, 5.41) is 30.0. The first-order valence-corrected chi connectivity index (χ1v) is 7.96. The zero-order chi connectivity index (χ0) is 19.1. The van der Waals surface area contributed by atoms with Gasteiger partial charge in [-0.25, -0.2) is 4.79 Å². The van der Waals surface area contributed by atoms with E-state index in [1.165, 1.54) is 20.8 Å². The van der Waals surface area contributed by atoms with Gasteiger partial charge >= 0.3 is 5.97 Å². The van der Waals surface area contributed by atoms with E-state index >= 15 is 0 Å². The van der Waals surface area contributed by atoms with Crippen LogP contribution in [0.5, 0.6) is 0 Å². The van der Waals surface area contributed by atoms with Crippen LogP contribution in [0.3, 0.4) is 0 Å². The van der Waals surface area contributed by atoms with Crippen molar-refractivity contribution in [2.24, 2.45) is 0 Å². The Morgan fingerprint density at radius 1 is 1.16 bits per heavy atom. The predicted molar refractivity (Wildman–Crippen MR) is 94.4 cm³/mol. The minimum Gasteiger partial charge on any atom is -0.430 e. The van der Waals surface area contributed by atoms with Crippen LogP contribution in [0.2, 0.25) is 0 Å². The highest BCUT2D eigenvalue weighted by molar-refractivity contribution is 5.87. The van der Waals surface area contributed by atoms with E-state index in [4.69, 9.17) is 9.47 Å². The van der Waals surface area contributed by atoms with Gasteiger partial charge in [0.2, 0.25) is 6.29 Å². The van der Waals surface area contributed by atoms with Gasteiger partial charge in [-0.3, -0.25) is 0 Å². The molecule has 0 radical (unpaired) electrons. The largest absolute Gasteiger partial charge is 0.430 e. The van der Waals surface area contributed by atoms with Crippen LogP contribution in [-0.4, -0.2) is 45.9 Å². The molecule has 5 atom stereocenters. The van der Waals surface area contributed by atoms with Crippen LogP contribution in [0.1, 0.15) is 38.0 Å². The van der Waals surface area contributed by atoms with Crippen molar-refractivity contribution in [1.29, 1.82) is 0 Å². The van der Waals surface area contributed by atoms with Crippen LogP contribution in [0, 0.1) is 0 Å². The molecule has 0 fully saturated rings. The second-order valence-corrected chi connectivity index (χ2v) is 5.94. The summed E-state index contributed by atoms with van der Waals surface area (Å²) in [6.07, 6.45) is -4.03. The molecule has 6 nitrogen and oxygen atoms in total. The Labute approximate surface area is 148 Å². The Bertz CT molecular complexity index is 592. The molecule has 25 heavy (non-hydrogen) atoms. The monoisotopic (exact) mass is 350 g/mol. The molecule has 1 aromatic rings. The first kappa shape index (κ1) is 21.1. The summed E-state index contributed by atoms with van der Waals surface area (Å²) < 4.78 is 10.5. The summed E-state index contributed by atoms with van der Waals surface area (Å²) in [6.45, 7) is 11.5. The molecule has 5 unspecified atom stereocenters. The minimum atomic E-state index is -1.54. The van der Waals surface area contributed by atoms with Gasteiger partial charge in [0.15, 0.2) is 0 Å². The predicted octanol–water partition coefficient (Wildman–Crippen LogP) is 1.96. The molecule has 0 bridgehead atoms. The van der Waals surface area contributed by atoms with E-state index in [0.29, 0.717) is 5.56 Å². The maximum Gasteiger partial charge on any atom is 0.335 e. The topological polar surface area (TPSA) is 96.2 Å². The second kappa shape index (κ2) is 9.48. The highest BCUT2D eigenvalue weighted by atomic mass is 16.7. The van der Waals surface area contributed by atoms with Gasteiger partial charge in [-0.2, -0.15) is 0 Å². The lowest BCUT2D eigenvalue weighted by molar-refractivity contribution is -0.207. The van der Waals surface area contributed by atoms with Gasteiger partial charge in [-0.05, 0) is 31.9 Å². The number of rotatable bonds is 9. The number of hydrogen-bond acceptors (Lipinski definition) is 6. The maximum atomic E-state index is 11.5. The summed E-state index contributed by atoms with van der Waals surface area (Å²) in [5.74, 6) is -0.745. The second-order valence-electron chi connectivity index (χ2n) is 5.94. The van der Waals surface area contributed by atoms with Crippen LogP contribution in [0.4, 0.5) is 0 Å². The summed E-state index contributed by atoms with van der Waals surface area (Å²) in [4.78, 5) is 11.5. The van der Waals surface area contributed by atoms with E-state index in [0.717, 1.165) is 5.56 Å². The number of ether oxygens (including phenoxy) is 2. The quantitative estimate of drug-likeness (QED) is 0.358. The van der Waals surface area contributed by atoms with Crippen molar-refractivity contribution in [1.82, 2.24) is 0 Å². The Kier molecular flexibility index (Phi) is 7.99. The molecular formula is C19H26O6. The van der Waals surface area contributed by atoms with Crippen molar-refractivity contribution in [3.63, 3.8) is 0 Å². The van der Waals surface area contributed by atoms with E-state index in [1.807, 2.05) is 0 Å². The first-order chi connectivity index (χ1) is 11.7. The molecule has 3 N–H and O–H groups in total. The van der Waals surface area contributed by atoms with Crippen LogP contribution < -0.4 is 0 Å². The van der Waals surface area contributed by atoms with Crippen LogP contribution >= 0.6 is 0 Å². The average Bonchev–Trinajstić information content (AvgIpc) is 2.58. The standard InChI is InChI=1S/C19H26O6/c1-6-14-7-9-15(10-8-14)17(16(21)12(4)20)24-13(5)19(23)25-18(22)11(2)3/h6-10,12-13,16-17,19-21,23H,1-2H2,3-5H3. The van der Waals surface area contributed by atoms with E-state index in [2.05, 4.69) is 13.2 Å². The zero-order valence-electron chi connectivity index (χ0n) is 14.8. The molecule has 1 rings (SSSR count). The average molecular weight is 350 g/mol. The van der Waals surface area contributed by atoms with E-state index in [9.17, 15) is 20.1 Å². The molecule has 0 aliphatic heterocycles. The smallest absolute Gasteiger partial charge is 0.335 e. The fourth-order valence-electron chi connectivity index (χ4n) is 2.04. The molecule has 0 saturated carbocycles. The Morgan fingerprint density at radius 3 is 2.16 bits per heavy atom. The Hall–Kier alpha value is -1.99. The Morgan fingerprint density at radius 2 is 1.72 bits per heavy atom. The number of carbonyl (C=O) groups is 1. The molecule has 138 valence electrons. The van der Waals surface area contributed by atoms with Crippen molar-refractivity contribution in [3.05, 3.63) is 54.1 Å². The van der Waals surface area contributed by atoms with Crippen LogP contribution in [0.25, 0.3) is 6.08 Å². The molecular weight excluding hydrogens is 324 g/mol. The normalized spacial score (nSPS) is 17.0. The van der Waals surface area contributed by atoms with E-state index in [1.54, 1.807) is 30.3 Å². The molecule has 0 aliphatic carbocycles. The van der Waals surface area contributed by atoms with Crippen molar-refractivity contribution >= 4 is 12.0 Å². The fourth-order valence-corrected chi connectivity index (χ4v) is 2.04. The van der Waals surface area contributed by atoms with E-state index in [-0.39, 0.29) is 5.57 Å². The highest BCUT2D eigenvalue weighted by Crippen LogP contribution is 2.27. The lowest BCUT2D eigenvalue weighted by atomic mass is 9.99. The van der Waals surface area contributed by atoms with Crippen LogP contribution in [0.15, 0.2) is 43.0 Å². The number of hydrogen-bond donors (Lipinski definition) is 3. The Balaban J connectivity index is 2.94. The van der Waals surface area contributed by atoms with E-state index < -0.39 is 36.7 Å². The third kappa shape index (κ3) is 6.10. The summed E-state index contributed by atoms with van der Waals surface area (Å²) in [6, 6.07) is 7.03. The third-order valence-electron chi connectivity index (χ3n) is 3.64. The molecule has 6 heteroatoms. The van der Waals surface area contributed by atoms with Gasteiger partial charge in [-0.1, -0.05) is 43.5 Å². The lowest BCUT2D eigenvalue weighted by Gasteiger charge is -2.30. The van der Waals surface area contributed by atoms with Gasteiger partial charge in [-0.15, -0.1) is 0 Å². The van der Waals surface area contributed by atoms with Crippen molar-refractivity contribution in [2.45, 2.75) is 51.5 Å². The minimum absolute atomic E-state index is 0.145. The first-order valence-electron chi connectivity index (χ1n) is 7.96. The zero-order valence-corrected chi connectivity index (χ0v) is 14.8. The number of esters is 1. The van der Waals surface area contributed by atoms with Gasteiger partial charge in [0.1, 0.15) is 18.3 Å². The van der Waals surface area contributed by atoms with Crippen molar-refractivity contribution in [2.75, 3.05) is 0 Å². The molecule has 0 heterocycles. The van der Waals surface area contributed by atoms with Crippen LogP contribution in [-0.2, 0) is 14.3 Å². The molecule has 0 saturated heterocycles. The molecule has 1 aromatic carbocycles. The third-order valence-corrected chi connectivity index (χ3v) is 3.64. The summed E-state index contributed by atoms with van der Waals surface area (Å²) in [5.41, 5.74) is 1.63. The molecule has 0 aliphatic rings. The summed E-state index contributed by atoms with van der Waals surface area (Å²) >= 11 is 0. The van der Waals surface area contributed by atoms with Gasteiger partial charge < -0.3 is 24.8 Å². The lowest BCUT2D eigenvalue weighted by Crippen LogP contribution is -2.38. The number of benzene rings is 1. The van der Waals surface area contributed by atoms with Gasteiger partial charge in [0.25, 0.3) is 0 Å².